The van der Waals surface area contributed by atoms with Crippen LogP contribution in [0.1, 0.15) is 37.0 Å². The zero-order chi connectivity index (χ0) is 28.6. The molecule has 0 saturated heterocycles. The van der Waals surface area contributed by atoms with Gasteiger partial charge >= 0.3 is 0 Å². The van der Waals surface area contributed by atoms with E-state index in [9.17, 15) is 18.0 Å². The predicted molar refractivity (Wildman–Crippen MR) is 153 cm³/mol. The zero-order valence-corrected chi connectivity index (χ0v) is 24.0. The zero-order valence-electron chi connectivity index (χ0n) is 23.2. The van der Waals surface area contributed by atoms with E-state index in [2.05, 4.69) is 5.32 Å². The Morgan fingerprint density at radius 3 is 2.10 bits per heavy atom. The molecule has 3 aromatic carbocycles. The normalized spacial score (nSPS) is 11.9. The first-order chi connectivity index (χ1) is 18.6. The smallest absolute Gasteiger partial charge is 0.264 e. The highest BCUT2D eigenvalue weighted by Gasteiger charge is 2.33. The van der Waals surface area contributed by atoms with E-state index in [1.165, 1.54) is 24.1 Å². The number of nitrogens with zero attached hydrogens (tertiary/aromatic N) is 2. The Bertz CT molecular complexity index is 1370. The number of methoxy groups -OCH3 is 1. The van der Waals surface area contributed by atoms with Crippen molar-refractivity contribution in [2.45, 2.75) is 51.6 Å². The number of nitrogens with one attached hydrogen (secondary N) is 1. The number of carbonyl (C=O) groups excluding carboxylic acids is 2. The number of carbonyl (C=O) groups is 2. The van der Waals surface area contributed by atoms with Crippen LogP contribution in [0.5, 0.6) is 5.75 Å². The van der Waals surface area contributed by atoms with Gasteiger partial charge in [-0.05, 0) is 57.0 Å². The number of aryl methyl sites for hydroxylation is 2. The molecule has 39 heavy (non-hydrogen) atoms. The lowest BCUT2D eigenvalue weighted by atomic mass is 10.1. The largest absolute Gasteiger partial charge is 0.495 e. The second-order valence-corrected chi connectivity index (χ2v) is 11.3. The van der Waals surface area contributed by atoms with Gasteiger partial charge in [-0.25, -0.2) is 8.42 Å². The first kappa shape index (κ1) is 29.7. The van der Waals surface area contributed by atoms with E-state index in [-0.39, 0.29) is 23.0 Å². The SMILES string of the molecule is CCCNC(=O)[C@@H](C)N(Cc1ccc(C)cc1)C(=O)CN(c1ccccc1OC)S(=O)(=O)c1ccc(C)cc1. The van der Waals surface area contributed by atoms with Gasteiger partial charge in [0, 0.05) is 13.1 Å². The van der Waals surface area contributed by atoms with Gasteiger partial charge in [0.2, 0.25) is 11.8 Å². The molecule has 1 atom stereocenters. The lowest BCUT2D eigenvalue weighted by molar-refractivity contribution is -0.139. The second-order valence-electron chi connectivity index (χ2n) is 9.47. The lowest BCUT2D eigenvalue weighted by Gasteiger charge is -2.32. The summed E-state index contributed by atoms with van der Waals surface area (Å²) >= 11 is 0. The van der Waals surface area contributed by atoms with Crippen molar-refractivity contribution in [1.29, 1.82) is 0 Å². The van der Waals surface area contributed by atoms with Gasteiger partial charge in [0.25, 0.3) is 10.0 Å². The first-order valence-corrected chi connectivity index (χ1v) is 14.4. The molecule has 0 aromatic heterocycles. The Morgan fingerprint density at radius 1 is 0.923 bits per heavy atom. The van der Waals surface area contributed by atoms with E-state index in [0.717, 1.165) is 27.4 Å². The van der Waals surface area contributed by atoms with Crippen LogP contribution in [0.4, 0.5) is 5.69 Å². The molecule has 0 unspecified atom stereocenters. The first-order valence-electron chi connectivity index (χ1n) is 12.9. The van der Waals surface area contributed by atoms with Crippen LogP contribution >= 0.6 is 0 Å². The fourth-order valence-corrected chi connectivity index (χ4v) is 5.48. The number of ether oxygens (including phenoxy) is 1. The number of sulfonamides is 1. The molecule has 2 amide bonds. The molecule has 0 radical (unpaired) electrons. The van der Waals surface area contributed by atoms with Gasteiger partial charge in [-0.3, -0.25) is 13.9 Å². The maximum Gasteiger partial charge on any atom is 0.264 e. The molecule has 3 aromatic rings. The molecule has 1 N–H and O–H groups in total. The van der Waals surface area contributed by atoms with Crippen LogP contribution in [0.25, 0.3) is 0 Å². The molecule has 0 spiro atoms. The fraction of sp³-hybridized carbons (Fsp3) is 0.333. The van der Waals surface area contributed by atoms with Crippen molar-refractivity contribution in [1.82, 2.24) is 10.2 Å². The third-order valence-electron chi connectivity index (χ3n) is 6.43. The molecule has 9 heteroatoms. The maximum absolute atomic E-state index is 13.9. The van der Waals surface area contributed by atoms with Crippen molar-refractivity contribution in [3.8, 4) is 5.75 Å². The summed E-state index contributed by atoms with van der Waals surface area (Å²) in [5.41, 5.74) is 3.03. The lowest BCUT2D eigenvalue weighted by Crippen LogP contribution is -2.51. The molecule has 0 aliphatic heterocycles. The van der Waals surface area contributed by atoms with Gasteiger partial charge in [-0.1, -0.05) is 66.6 Å². The number of hydrogen-bond donors (Lipinski definition) is 1. The summed E-state index contributed by atoms with van der Waals surface area (Å²) in [7, 11) is -2.72. The van der Waals surface area contributed by atoms with Crippen molar-refractivity contribution < 1.29 is 22.7 Å². The molecule has 0 bridgehead atoms. The molecule has 0 aliphatic carbocycles. The summed E-state index contributed by atoms with van der Waals surface area (Å²) < 4.78 is 34.4. The van der Waals surface area contributed by atoms with Crippen molar-refractivity contribution in [3.05, 3.63) is 89.5 Å². The molecule has 0 fully saturated rings. The third-order valence-corrected chi connectivity index (χ3v) is 8.21. The summed E-state index contributed by atoms with van der Waals surface area (Å²) in [4.78, 5) is 28.4. The van der Waals surface area contributed by atoms with E-state index in [0.29, 0.717) is 12.3 Å². The van der Waals surface area contributed by atoms with Crippen LogP contribution in [-0.2, 0) is 26.2 Å². The molecule has 8 nitrogen and oxygen atoms in total. The quantitative estimate of drug-likeness (QED) is 0.359. The summed E-state index contributed by atoms with van der Waals surface area (Å²) in [6.07, 6.45) is 0.751. The maximum atomic E-state index is 13.9. The van der Waals surface area contributed by atoms with E-state index in [1.807, 2.05) is 45.0 Å². The Hall–Kier alpha value is -3.85. The Labute approximate surface area is 231 Å². The molecular weight excluding hydrogens is 514 g/mol. The highest BCUT2D eigenvalue weighted by atomic mass is 32.2. The van der Waals surface area contributed by atoms with Crippen LogP contribution in [0.2, 0.25) is 0 Å². The van der Waals surface area contributed by atoms with E-state index >= 15 is 0 Å². The number of amides is 2. The number of anilines is 1. The summed E-state index contributed by atoms with van der Waals surface area (Å²) in [5, 5.41) is 2.84. The van der Waals surface area contributed by atoms with Crippen molar-refractivity contribution in [2.24, 2.45) is 0 Å². The highest BCUT2D eigenvalue weighted by molar-refractivity contribution is 7.92. The number of hydrogen-bond acceptors (Lipinski definition) is 5. The standard InChI is InChI=1S/C30H37N3O5S/c1-6-19-31-30(35)24(4)32(20-25-15-11-22(2)12-16-25)29(34)21-33(27-9-7-8-10-28(27)38-5)39(36,37)26-17-13-23(3)14-18-26/h7-18,24H,6,19-21H2,1-5H3,(H,31,35)/t24-/m1/s1. The molecular formula is C30H37N3O5S. The predicted octanol–water partition coefficient (Wildman–Crippen LogP) is 4.45. The van der Waals surface area contributed by atoms with Crippen LogP contribution < -0.4 is 14.4 Å². The van der Waals surface area contributed by atoms with E-state index < -0.39 is 28.5 Å². The Kier molecular flexibility index (Phi) is 10.1. The van der Waals surface area contributed by atoms with Crippen molar-refractivity contribution in [2.75, 3.05) is 24.5 Å². The number of rotatable bonds is 12. The van der Waals surface area contributed by atoms with Gasteiger partial charge in [0.15, 0.2) is 0 Å². The molecule has 0 saturated carbocycles. The minimum atomic E-state index is -4.17. The van der Waals surface area contributed by atoms with Crippen molar-refractivity contribution >= 4 is 27.5 Å². The van der Waals surface area contributed by atoms with Gasteiger partial charge in [-0.2, -0.15) is 0 Å². The summed E-state index contributed by atoms with van der Waals surface area (Å²) in [6, 6.07) is 19.9. The second kappa shape index (κ2) is 13.3. The van der Waals surface area contributed by atoms with Crippen LogP contribution in [0.15, 0.2) is 77.7 Å². The monoisotopic (exact) mass is 551 g/mol. The average Bonchev–Trinajstić information content (AvgIpc) is 2.93. The highest BCUT2D eigenvalue weighted by Crippen LogP contribution is 2.32. The molecule has 0 aliphatic rings. The van der Waals surface area contributed by atoms with Gasteiger partial charge in [0.1, 0.15) is 18.3 Å². The van der Waals surface area contributed by atoms with Crippen LogP contribution in [-0.4, -0.2) is 51.4 Å². The topological polar surface area (TPSA) is 96.0 Å². The van der Waals surface area contributed by atoms with E-state index in [1.54, 1.807) is 43.3 Å². The van der Waals surface area contributed by atoms with E-state index in [4.69, 9.17) is 4.74 Å². The molecule has 0 heterocycles. The Morgan fingerprint density at radius 2 is 1.51 bits per heavy atom. The van der Waals surface area contributed by atoms with Gasteiger partial charge < -0.3 is 15.0 Å². The fourth-order valence-electron chi connectivity index (χ4n) is 4.06. The van der Waals surface area contributed by atoms with Gasteiger partial charge in [-0.15, -0.1) is 0 Å². The Balaban J connectivity index is 2.05. The van der Waals surface area contributed by atoms with Crippen molar-refractivity contribution in [3.63, 3.8) is 0 Å². The number of para-hydroxylation sites is 2. The third kappa shape index (κ3) is 7.38. The minimum absolute atomic E-state index is 0.0469. The summed E-state index contributed by atoms with van der Waals surface area (Å²) in [6.45, 7) is 7.53. The van der Waals surface area contributed by atoms with Gasteiger partial charge in [0.05, 0.1) is 17.7 Å². The minimum Gasteiger partial charge on any atom is -0.495 e. The average molecular weight is 552 g/mol. The van der Waals surface area contributed by atoms with Crippen LogP contribution in [0.3, 0.4) is 0 Å². The number of benzene rings is 3. The summed E-state index contributed by atoms with van der Waals surface area (Å²) in [5.74, 6) is -0.515. The molecule has 208 valence electrons. The van der Waals surface area contributed by atoms with Crippen LogP contribution in [0, 0.1) is 13.8 Å². The molecule has 3 rings (SSSR count).